The number of aromatic nitrogens is 2. The van der Waals surface area contributed by atoms with Gasteiger partial charge < -0.3 is 4.57 Å². The Morgan fingerprint density at radius 3 is 2.38 bits per heavy atom. The molecule has 84 valence electrons. The molecule has 0 spiro atoms. The van der Waals surface area contributed by atoms with Gasteiger partial charge in [-0.25, -0.2) is 4.98 Å². The number of nitrogens with zero attached hydrogens (tertiary/aromatic N) is 2. The second-order valence-corrected chi connectivity index (χ2v) is 5.19. The zero-order valence-electron chi connectivity index (χ0n) is 10.4. The van der Waals surface area contributed by atoms with Crippen LogP contribution in [0.4, 0.5) is 0 Å². The molecule has 0 aliphatic heterocycles. The van der Waals surface area contributed by atoms with Crippen molar-refractivity contribution in [1.29, 1.82) is 0 Å². The van der Waals surface area contributed by atoms with Crippen molar-refractivity contribution >= 4 is 0 Å². The monoisotopic (exact) mass is 214 g/mol. The summed E-state index contributed by atoms with van der Waals surface area (Å²) in [6.07, 6.45) is 3.76. The Kier molecular flexibility index (Phi) is 2.58. The molecule has 2 rings (SSSR count). The smallest absolute Gasteiger partial charge is 0.0948 e. The lowest BCUT2D eigenvalue weighted by Gasteiger charge is -2.22. The molecule has 0 fully saturated rings. The van der Waals surface area contributed by atoms with Gasteiger partial charge in [-0.15, -0.1) is 0 Å². The minimum absolute atomic E-state index is 0.154. The highest BCUT2D eigenvalue weighted by Gasteiger charge is 2.19. The molecule has 0 N–H and O–H groups in total. The van der Waals surface area contributed by atoms with Crippen LogP contribution in [0.25, 0.3) is 11.3 Å². The van der Waals surface area contributed by atoms with E-state index in [-0.39, 0.29) is 5.41 Å². The summed E-state index contributed by atoms with van der Waals surface area (Å²) in [5, 5.41) is 0. The van der Waals surface area contributed by atoms with E-state index in [0.717, 1.165) is 0 Å². The molecular formula is C14H18N2. The molecule has 0 bridgehead atoms. The SMILES string of the molecule is Cn1cncc1-c1ccccc1C(C)(C)C. The Balaban J connectivity index is 2.62. The molecule has 0 aliphatic carbocycles. The Hall–Kier alpha value is -1.57. The summed E-state index contributed by atoms with van der Waals surface area (Å²) in [6, 6.07) is 8.54. The zero-order valence-corrected chi connectivity index (χ0v) is 10.4. The van der Waals surface area contributed by atoms with Crippen LogP contribution in [-0.2, 0) is 12.5 Å². The van der Waals surface area contributed by atoms with Crippen molar-refractivity contribution in [2.24, 2.45) is 7.05 Å². The second-order valence-electron chi connectivity index (χ2n) is 5.19. The van der Waals surface area contributed by atoms with E-state index in [1.54, 1.807) is 0 Å². The lowest BCUT2D eigenvalue weighted by Crippen LogP contribution is -2.13. The second kappa shape index (κ2) is 3.78. The molecular weight excluding hydrogens is 196 g/mol. The third kappa shape index (κ3) is 1.87. The average molecular weight is 214 g/mol. The normalized spacial score (nSPS) is 11.8. The number of aryl methyl sites for hydroxylation is 1. The van der Waals surface area contributed by atoms with Crippen molar-refractivity contribution < 1.29 is 0 Å². The molecule has 2 aromatic rings. The molecule has 2 heteroatoms. The van der Waals surface area contributed by atoms with Crippen LogP contribution < -0.4 is 0 Å². The highest BCUT2D eigenvalue weighted by Crippen LogP contribution is 2.32. The van der Waals surface area contributed by atoms with Gasteiger partial charge in [-0.1, -0.05) is 45.0 Å². The van der Waals surface area contributed by atoms with E-state index in [4.69, 9.17) is 0 Å². The fourth-order valence-electron chi connectivity index (χ4n) is 1.98. The Bertz CT molecular complexity index is 489. The van der Waals surface area contributed by atoms with E-state index in [2.05, 4.69) is 54.6 Å². The Labute approximate surface area is 97.0 Å². The van der Waals surface area contributed by atoms with Gasteiger partial charge in [-0.3, -0.25) is 0 Å². The van der Waals surface area contributed by atoms with Crippen LogP contribution in [0, 0.1) is 0 Å². The van der Waals surface area contributed by atoms with Crippen LogP contribution in [0.15, 0.2) is 36.8 Å². The lowest BCUT2D eigenvalue weighted by molar-refractivity contribution is 0.591. The predicted octanol–water partition coefficient (Wildman–Crippen LogP) is 3.38. The number of rotatable bonds is 1. The molecule has 0 atom stereocenters. The molecule has 0 radical (unpaired) electrons. The fraction of sp³-hybridized carbons (Fsp3) is 0.357. The van der Waals surface area contributed by atoms with Gasteiger partial charge in [-0.05, 0) is 11.0 Å². The number of benzene rings is 1. The van der Waals surface area contributed by atoms with Crippen molar-refractivity contribution in [3.8, 4) is 11.3 Å². The number of hydrogen-bond donors (Lipinski definition) is 0. The van der Waals surface area contributed by atoms with Crippen molar-refractivity contribution in [3.63, 3.8) is 0 Å². The minimum atomic E-state index is 0.154. The molecule has 0 unspecified atom stereocenters. The van der Waals surface area contributed by atoms with Crippen LogP contribution >= 0.6 is 0 Å². The molecule has 0 aliphatic rings. The molecule has 0 saturated carbocycles. The summed E-state index contributed by atoms with van der Waals surface area (Å²) in [7, 11) is 2.03. The maximum absolute atomic E-state index is 4.18. The molecule has 16 heavy (non-hydrogen) atoms. The summed E-state index contributed by atoms with van der Waals surface area (Å²) >= 11 is 0. The summed E-state index contributed by atoms with van der Waals surface area (Å²) in [6.45, 7) is 6.71. The van der Waals surface area contributed by atoms with Crippen molar-refractivity contribution in [1.82, 2.24) is 9.55 Å². The highest BCUT2D eigenvalue weighted by molar-refractivity contribution is 5.65. The lowest BCUT2D eigenvalue weighted by atomic mass is 9.83. The fourth-order valence-corrected chi connectivity index (χ4v) is 1.98. The van der Waals surface area contributed by atoms with Crippen LogP contribution in [-0.4, -0.2) is 9.55 Å². The standard InChI is InChI=1S/C14H18N2/c1-14(2,3)12-8-6-5-7-11(12)13-9-15-10-16(13)4/h5-10H,1-4H3. The van der Waals surface area contributed by atoms with Gasteiger partial charge in [0.2, 0.25) is 0 Å². The quantitative estimate of drug-likeness (QED) is 0.711. The van der Waals surface area contributed by atoms with Crippen molar-refractivity contribution in [2.45, 2.75) is 26.2 Å². The summed E-state index contributed by atoms with van der Waals surface area (Å²) in [4.78, 5) is 4.18. The summed E-state index contributed by atoms with van der Waals surface area (Å²) < 4.78 is 2.06. The largest absolute Gasteiger partial charge is 0.334 e. The first-order valence-electron chi connectivity index (χ1n) is 5.56. The van der Waals surface area contributed by atoms with Gasteiger partial charge >= 0.3 is 0 Å². The predicted molar refractivity (Wildman–Crippen MR) is 67.3 cm³/mol. The number of hydrogen-bond acceptors (Lipinski definition) is 1. The highest BCUT2D eigenvalue weighted by atomic mass is 15.0. The van der Waals surface area contributed by atoms with Crippen LogP contribution in [0.1, 0.15) is 26.3 Å². The molecule has 2 nitrogen and oxygen atoms in total. The summed E-state index contributed by atoms with van der Waals surface area (Å²) in [5.41, 5.74) is 3.96. The third-order valence-electron chi connectivity index (χ3n) is 2.83. The van der Waals surface area contributed by atoms with E-state index >= 15 is 0 Å². The maximum atomic E-state index is 4.18. The zero-order chi connectivity index (χ0) is 11.8. The average Bonchev–Trinajstić information content (AvgIpc) is 2.63. The first kappa shape index (κ1) is 10.9. The van der Waals surface area contributed by atoms with E-state index in [9.17, 15) is 0 Å². The van der Waals surface area contributed by atoms with E-state index in [1.807, 2.05) is 19.6 Å². The summed E-state index contributed by atoms with van der Waals surface area (Å²) in [5.74, 6) is 0. The Morgan fingerprint density at radius 1 is 1.12 bits per heavy atom. The van der Waals surface area contributed by atoms with Gasteiger partial charge in [0.15, 0.2) is 0 Å². The van der Waals surface area contributed by atoms with E-state index < -0.39 is 0 Å². The van der Waals surface area contributed by atoms with E-state index in [0.29, 0.717) is 0 Å². The van der Waals surface area contributed by atoms with Crippen LogP contribution in [0.2, 0.25) is 0 Å². The van der Waals surface area contributed by atoms with Gasteiger partial charge in [0, 0.05) is 12.6 Å². The Morgan fingerprint density at radius 2 is 1.81 bits per heavy atom. The number of imidazole rings is 1. The molecule has 0 saturated heterocycles. The van der Waals surface area contributed by atoms with Crippen molar-refractivity contribution in [3.05, 3.63) is 42.4 Å². The van der Waals surface area contributed by atoms with E-state index in [1.165, 1.54) is 16.8 Å². The van der Waals surface area contributed by atoms with Crippen molar-refractivity contribution in [2.75, 3.05) is 0 Å². The van der Waals surface area contributed by atoms with Gasteiger partial charge in [0.05, 0.1) is 18.2 Å². The van der Waals surface area contributed by atoms with Crippen LogP contribution in [0.3, 0.4) is 0 Å². The molecule has 0 amide bonds. The first-order chi connectivity index (χ1) is 7.50. The molecule has 1 heterocycles. The topological polar surface area (TPSA) is 17.8 Å². The van der Waals surface area contributed by atoms with Gasteiger partial charge in [0.1, 0.15) is 0 Å². The van der Waals surface area contributed by atoms with Gasteiger partial charge in [0.25, 0.3) is 0 Å². The first-order valence-corrected chi connectivity index (χ1v) is 5.56. The van der Waals surface area contributed by atoms with Crippen LogP contribution in [0.5, 0.6) is 0 Å². The molecule has 1 aromatic carbocycles. The minimum Gasteiger partial charge on any atom is -0.334 e. The third-order valence-corrected chi connectivity index (χ3v) is 2.83. The molecule has 1 aromatic heterocycles. The van der Waals surface area contributed by atoms with Gasteiger partial charge in [-0.2, -0.15) is 0 Å². The maximum Gasteiger partial charge on any atom is 0.0948 e.